The fraction of sp³-hybridized carbons (Fsp3) is 0.909. The van der Waals surface area contributed by atoms with Crippen molar-refractivity contribution in [1.29, 1.82) is 0 Å². The van der Waals surface area contributed by atoms with Gasteiger partial charge in [-0.3, -0.25) is 4.79 Å². The molecule has 0 aromatic rings. The largest absolute Gasteiger partial charge is 0.396 e. The monoisotopic (exact) mass is 265 g/mol. The topological polar surface area (TPSA) is 83.5 Å². The molecule has 17 heavy (non-hydrogen) atoms. The lowest BCUT2D eigenvalue weighted by molar-refractivity contribution is -0.122. The summed E-state index contributed by atoms with van der Waals surface area (Å²) in [5, 5.41) is 11.7. The van der Waals surface area contributed by atoms with Crippen molar-refractivity contribution in [2.75, 3.05) is 18.6 Å². The highest BCUT2D eigenvalue weighted by atomic mass is 32.2. The second-order valence-corrected chi connectivity index (χ2v) is 7.64. The highest BCUT2D eigenvalue weighted by molar-refractivity contribution is 7.90. The maximum atomic E-state index is 11.6. The first-order valence-electron chi connectivity index (χ1n) is 5.64. The quantitative estimate of drug-likeness (QED) is 0.725. The molecule has 1 unspecified atom stereocenters. The van der Waals surface area contributed by atoms with E-state index >= 15 is 0 Å². The summed E-state index contributed by atoms with van der Waals surface area (Å²) >= 11 is 0. The summed E-state index contributed by atoms with van der Waals surface area (Å²) < 4.78 is 21.8. The van der Waals surface area contributed by atoms with Crippen molar-refractivity contribution in [3.8, 4) is 0 Å². The number of hydrogen-bond donors (Lipinski definition) is 2. The van der Waals surface area contributed by atoms with Gasteiger partial charge in [-0.1, -0.05) is 20.8 Å². The zero-order valence-corrected chi connectivity index (χ0v) is 11.8. The van der Waals surface area contributed by atoms with Gasteiger partial charge in [0.15, 0.2) is 0 Å². The number of carbonyl (C=O) groups is 1. The number of aliphatic hydroxyl groups excluding tert-OH is 1. The molecule has 0 rings (SSSR count). The van der Waals surface area contributed by atoms with E-state index in [4.69, 9.17) is 5.11 Å². The van der Waals surface area contributed by atoms with E-state index in [0.29, 0.717) is 6.42 Å². The second-order valence-electron chi connectivity index (χ2n) is 5.38. The van der Waals surface area contributed by atoms with Crippen LogP contribution in [0.25, 0.3) is 0 Å². The highest BCUT2D eigenvalue weighted by Gasteiger charge is 2.25. The first kappa shape index (κ1) is 16.4. The zero-order chi connectivity index (χ0) is 13.7. The lowest BCUT2D eigenvalue weighted by Crippen LogP contribution is -2.44. The van der Waals surface area contributed by atoms with Crippen LogP contribution in [-0.4, -0.2) is 44.1 Å². The number of nitrogens with one attached hydrogen (secondary N) is 1. The molecule has 102 valence electrons. The molecule has 0 aliphatic rings. The van der Waals surface area contributed by atoms with E-state index in [-0.39, 0.29) is 36.1 Å². The Hall–Kier alpha value is -0.620. The van der Waals surface area contributed by atoms with Crippen LogP contribution in [0.5, 0.6) is 0 Å². The van der Waals surface area contributed by atoms with Crippen LogP contribution in [-0.2, 0) is 14.6 Å². The molecule has 5 nitrogen and oxygen atoms in total. The molecule has 0 aromatic carbocycles. The van der Waals surface area contributed by atoms with Gasteiger partial charge < -0.3 is 10.4 Å². The van der Waals surface area contributed by atoms with Crippen LogP contribution in [0.15, 0.2) is 0 Å². The Kier molecular flexibility index (Phi) is 6.12. The molecule has 6 heteroatoms. The van der Waals surface area contributed by atoms with Crippen molar-refractivity contribution in [2.24, 2.45) is 5.41 Å². The van der Waals surface area contributed by atoms with Crippen LogP contribution in [0.1, 0.15) is 33.6 Å². The van der Waals surface area contributed by atoms with Crippen molar-refractivity contribution < 1.29 is 18.3 Å². The first-order valence-corrected chi connectivity index (χ1v) is 7.70. The molecule has 1 amide bonds. The Morgan fingerprint density at radius 2 is 1.88 bits per heavy atom. The van der Waals surface area contributed by atoms with Crippen molar-refractivity contribution in [2.45, 2.75) is 39.7 Å². The third-order valence-electron chi connectivity index (χ3n) is 2.50. The van der Waals surface area contributed by atoms with E-state index in [1.807, 2.05) is 20.8 Å². The molecular weight excluding hydrogens is 242 g/mol. The van der Waals surface area contributed by atoms with Crippen LogP contribution < -0.4 is 5.32 Å². The highest BCUT2D eigenvalue weighted by Crippen LogP contribution is 2.21. The summed E-state index contributed by atoms with van der Waals surface area (Å²) in [7, 11) is -3.11. The number of hydrogen-bond acceptors (Lipinski definition) is 4. The van der Waals surface area contributed by atoms with Crippen molar-refractivity contribution in [3.63, 3.8) is 0 Å². The van der Waals surface area contributed by atoms with Gasteiger partial charge in [-0.25, -0.2) is 8.42 Å². The fourth-order valence-corrected chi connectivity index (χ4v) is 1.95. The summed E-state index contributed by atoms with van der Waals surface area (Å²) in [5.74, 6) is -0.432. The lowest BCUT2D eigenvalue weighted by Gasteiger charge is -2.31. The minimum absolute atomic E-state index is 0.00566. The third-order valence-corrected chi connectivity index (χ3v) is 3.44. The number of aliphatic hydroxyl groups is 1. The maximum Gasteiger partial charge on any atom is 0.221 e. The summed E-state index contributed by atoms with van der Waals surface area (Å²) in [6.45, 7) is 5.88. The van der Waals surface area contributed by atoms with Crippen molar-refractivity contribution in [1.82, 2.24) is 5.32 Å². The predicted molar refractivity (Wildman–Crippen MR) is 67.4 cm³/mol. The van der Waals surface area contributed by atoms with Crippen LogP contribution in [0, 0.1) is 5.41 Å². The number of amides is 1. The average Bonchev–Trinajstić information content (AvgIpc) is 2.11. The Morgan fingerprint density at radius 1 is 1.35 bits per heavy atom. The molecule has 0 spiro atoms. The van der Waals surface area contributed by atoms with E-state index in [9.17, 15) is 13.2 Å². The SMILES string of the molecule is CC(C)(C)C(CCO)NC(=O)CCS(C)(=O)=O. The molecule has 0 saturated carbocycles. The Labute approximate surface area is 104 Å². The van der Waals surface area contributed by atoms with Crippen LogP contribution in [0.3, 0.4) is 0 Å². The van der Waals surface area contributed by atoms with Gasteiger partial charge >= 0.3 is 0 Å². The number of sulfone groups is 1. The van der Waals surface area contributed by atoms with Gasteiger partial charge in [-0.2, -0.15) is 0 Å². The average molecular weight is 265 g/mol. The van der Waals surface area contributed by atoms with Gasteiger partial charge in [-0.05, 0) is 11.8 Å². The smallest absolute Gasteiger partial charge is 0.221 e. The van der Waals surface area contributed by atoms with Gasteiger partial charge in [0.1, 0.15) is 9.84 Å². The fourth-order valence-electron chi connectivity index (χ4n) is 1.40. The molecule has 0 aromatic heterocycles. The predicted octanol–water partition coefficient (Wildman–Crippen LogP) is 0.334. The molecule has 1 atom stereocenters. The van der Waals surface area contributed by atoms with Crippen LogP contribution >= 0.6 is 0 Å². The normalized spacial score (nSPS) is 14.4. The van der Waals surface area contributed by atoms with Crippen LogP contribution in [0.4, 0.5) is 0 Å². The molecule has 0 heterocycles. The van der Waals surface area contributed by atoms with Gasteiger partial charge in [-0.15, -0.1) is 0 Å². The van der Waals surface area contributed by atoms with Crippen molar-refractivity contribution >= 4 is 15.7 Å². The molecule has 0 bridgehead atoms. The molecule has 0 fully saturated rings. The second kappa shape index (κ2) is 6.35. The molecule has 0 saturated heterocycles. The van der Waals surface area contributed by atoms with E-state index < -0.39 is 9.84 Å². The Morgan fingerprint density at radius 3 is 2.24 bits per heavy atom. The third kappa shape index (κ3) is 8.15. The number of carbonyl (C=O) groups excluding carboxylic acids is 1. The van der Waals surface area contributed by atoms with Gasteiger partial charge in [0.25, 0.3) is 0 Å². The van der Waals surface area contributed by atoms with E-state index in [2.05, 4.69) is 5.32 Å². The standard InChI is InChI=1S/C11H23NO4S/c1-11(2,3)9(5-7-13)12-10(14)6-8-17(4,15)16/h9,13H,5-8H2,1-4H3,(H,12,14). The minimum Gasteiger partial charge on any atom is -0.396 e. The summed E-state index contributed by atoms with van der Waals surface area (Å²) in [6, 6.07) is -0.153. The Bertz CT molecular complexity index is 343. The van der Waals surface area contributed by atoms with Gasteiger partial charge in [0, 0.05) is 25.3 Å². The van der Waals surface area contributed by atoms with E-state index in [0.717, 1.165) is 6.26 Å². The summed E-state index contributed by atoms with van der Waals surface area (Å²) in [4.78, 5) is 11.6. The summed E-state index contributed by atoms with van der Waals surface area (Å²) in [6.07, 6.45) is 1.54. The van der Waals surface area contributed by atoms with Crippen molar-refractivity contribution in [3.05, 3.63) is 0 Å². The van der Waals surface area contributed by atoms with Gasteiger partial charge in [0.05, 0.1) is 5.75 Å². The molecule has 0 radical (unpaired) electrons. The minimum atomic E-state index is -3.11. The van der Waals surface area contributed by atoms with E-state index in [1.165, 1.54) is 0 Å². The zero-order valence-electron chi connectivity index (χ0n) is 11.0. The maximum absolute atomic E-state index is 11.6. The molecule has 2 N–H and O–H groups in total. The molecule has 0 aliphatic carbocycles. The summed E-state index contributed by atoms with van der Waals surface area (Å²) in [5.41, 5.74) is -0.163. The molecular formula is C11H23NO4S. The van der Waals surface area contributed by atoms with Gasteiger partial charge in [0.2, 0.25) is 5.91 Å². The van der Waals surface area contributed by atoms with E-state index in [1.54, 1.807) is 0 Å². The molecule has 0 aliphatic heterocycles. The first-order chi connectivity index (χ1) is 7.56. The van der Waals surface area contributed by atoms with Crippen LogP contribution in [0.2, 0.25) is 0 Å². The lowest BCUT2D eigenvalue weighted by atomic mass is 9.85. The Balaban J connectivity index is 4.32. The number of rotatable bonds is 6.